The second-order valence-electron chi connectivity index (χ2n) is 3.36. The highest BCUT2D eigenvalue weighted by molar-refractivity contribution is 14.0. The fraction of sp³-hybridized carbons (Fsp3) is 0.250. The lowest BCUT2D eigenvalue weighted by molar-refractivity contribution is -0.0504. The number of nitrogens with one attached hydrogen (secondary N) is 1. The molecule has 0 aliphatic heterocycles. The Bertz CT molecular complexity index is 427. The molecule has 0 saturated carbocycles. The topological polar surface area (TPSA) is 59.6 Å². The highest BCUT2D eigenvalue weighted by Gasteiger charge is 2.08. The Morgan fingerprint density at radius 1 is 1.47 bits per heavy atom. The van der Waals surface area contributed by atoms with Crippen LogP contribution in [0.3, 0.4) is 0 Å². The van der Waals surface area contributed by atoms with E-state index in [1.165, 1.54) is 6.07 Å². The number of halogens is 3. The zero-order chi connectivity index (χ0) is 13.4. The van der Waals surface area contributed by atoms with Gasteiger partial charge in [-0.15, -0.1) is 30.6 Å². The molecule has 19 heavy (non-hydrogen) atoms. The smallest absolute Gasteiger partial charge is 0.387 e. The molecule has 0 bridgehead atoms. The lowest BCUT2D eigenvalue weighted by Crippen LogP contribution is -2.31. The summed E-state index contributed by atoms with van der Waals surface area (Å²) in [6, 6.07) is 6.45. The van der Waals surface area contributed by atoms with Gasteiger partial charge in [-0.3, -0.25) is 0 Å². The van der Waals surface area contributed by atoms with Crippen LogP contribution < -0.4 is 15.8 Å². The van der Waals surface area contributed by atoms with Crippen LogP contribution in [0.15, 0.2) is 41.9 Å². The van der Waals surface area contributed by atoms with Gasteiger partial charge < -0.3 is 15.8 Å². The molecule has 0 aliphatic rings. The Balaban J connectivity index is 0.00000324. The van der Waals surface area contributed by atoms with Gasteiger partial charge in [0.2, 0.25) is 0 Å². The molecule has 0 radical (unpaired) electrons. The average Bonchev–Trinajstić information content (AvgIpc) is 2.34. The highest BCUT2D eigenvalue weighted by Crippen LogP contribution is 2.20. The summed E-state index contributed by atoms with van der Waals surface area (Å²) < 4.78 is 28.7. The summed E-state index contributed by atoms with van der Waals surface area (Å²) in [4.78, 5) is 4.01. The fourth-order valence-corrected chi connectivity index (χ4v) is 1.25. The van der Waals surface area contributed by atoms with Crippen molar-refractivity contribution in [2.24, 2.45) is 10.7 Å². The Hall–Kier alpha value is -1.38. The van der Waals surface area contributed by atoms with E-state index in [-0.39, 0.29) is 42.2 Å². The molecule has 3 N–H and O–H groups in total. The van der Waals surface area contributed by atoms with Gasteiger partial charge in [-0.25, -0.2) is 4.99 Å². The van der Waals surface area contributed by atoms with E-state index < -0.39 is 6.61 Å². The summed E-state index contributed by atoms with van der Waals surface area (Å²) in [5.41, 5.74) is 6.10. The summed E-state index contributed by atoms with van der Waals surface area (Å²) in [6.07, 6.45) is 1.64. The maximum absolute atomic E-state index is 12.2. The predicted molar refractivity (Wildman–Crippen MR) is 82.0 cm³/mol. The number of hydrogen-bond donors (Lipinski definition) is 2. The molecule has 0 fully saturated rings. The minimum atomic E-state index is -2.86. The van der Waals surface area contributed by atoms with E-state index in [0.29, 0.717) is 12.1 Å². The number of guanidine groups is 1. The number of hydrogen-bond acceptors (Lipinski definition) is 2. The van der Waals surface area contributed by atoms with E-state index >= 15 is 0 Å². The lowest BCUT2D eigenvalue weighted by atomic mass is 10.2. The zero-order valence-electron chi connectivity index (χ0n) is 10.2. The van der Waals surface area contributed by atoms with Crippen LogP contribution in [0.25, 0.3) is 0 Å². The van der Waals surface area contributed by atoms with E-state index in [4.69, 9.17) is 5.73 Å². The van der Waals surface area contributed by atoms with Crippen molar-refractivity contribution >= 4 is 29.9 Å². The summed E-state index contributed by atoms with van der Waals surface area (Å²) in [5.74, 6) is 0.328. The molecule has 1 aromatic rings. The highest BCUT2D eigenvalue weighted by atomic mass is 127. The second-order valence-corrected chi connectivity index (χ2v) is 3.36. The second kappa shape index (κ2) is 9.54. The van der Waals surface area contributed by atoms with Crippen molar-refractivity contribution in [2.75, 3.05) is 6.54 Å². The molecule has 0 heterocycles. The maximum Gasteiger partial charge on any atom is 0.387 e. The first-order chi connectivity index (χ1) is 8.63. The molecule has 0 saturated heterocycles. The lowest BCUT2D eigenvalue weighted by Gasteiger charge is -2.09. The SMILES string of the molecule is C=CCNC(N)=NCc1ccccc1OC(F)F.I. The van der Waals surface area contributed by atoms with Gasteiger partial charge in [0.25, 0.3) is 0 Å². The van der Waals surface area contributed by atoms with Gasteiger partial charge in [-0.2, -0.15) is 8.78 Å². The maximum atomic E-state index is 12.2. The van der Waals surface area contributed by atoms with Crippen molar-refractivity contribution in [3.05, 3.63) is 42.5 Å². The van der Waals surface area contributed by atoms with Crippen LogP contribution >= 0.6 is 24.0 Å². The van der Waals surface area contributed by atoms with E-state index in [2.05, 4.69) is 21.6 Å². The molecule has 0 spiro atoms. The molecule has 7 heteroatoms. The third-order valence-corrected chi connectivity index (χ3v) is 2.04. The minimum Gasteiger partial charge on any atom is -0.434 e. The Morgan fingerprint density at radius 2 is 2.16 bits per heavy atom. The van der Waals surface area contributed by atoms with Crippen LogP contribution in [0.1, 0.15) is 5.56 Å². The Kier molecular flexibility index (Phi) is 8.84. The number of para-hydroxylation sites is 1. The van der Waals surface area contributed by atoms with Gasteiger partial charge in [0.15, 0.2) is 5.96 Å². The number of aliphatic imine (C=N–C) groups is 1. The van der Waals surface area contributed by atoms with Gasteiger partial charge in [0, 0.05) is 12.1 Å². The molecule has 0 unspecified atom stereocenters. The summed E-state index contributed by atoms with van der Waals surface area (Å²) in [5, 5.41) is 2.78. The first-order valence-electron chi connectivity index (χ1n) is 5.31. The number of rotatable bonds is 6. The van der Waals surface area contributed by atoms with Crippen molar-refractivity contribution in [1.82, 2.24) is 5.32 Å². The summed E-state index contributed by atoms with van der Waals surface area (Å²) in [7, 11) is 0. The van der Waals surface area contributed by atoms with E-state index in [1.807, 2.05) is 0 Å². The molecule has 0 atom stereocenters. The number of ether oxygens (including phenoxy) is 1. The van der Waals surface area contributed by atoms with Crippen molar-refractivity contribution < 1.29 is 13.5 Å². The van der Waals surface area contributed by atoms with E-state index in [9.17, 15) is 8.78 Å². The van der Waals surface area contributed by atoms with Crippen molar-refractivity contribution in [1.29, 1.82) is 0 Å². The van der Waals surface area contributed by atoms with Gasteiger partial charge in [-0.1, -0.05) is 24.3 Å². The molecule has 1 rings (SSSR count). The Morgan fingerprint density at radius 3 is 2.79 bits per heavy atom. The monoisotopic (exact) mass is 383 g/mol. The van der Waals surface area contributed by atoms with Gasteiger partial charge in [0.05, 0.1) is 6.54 Å². The summed E-state index contributed by atoms with van der Waals surface area (Å²) in [6.45, 7) is 1.32. The number of nitrogens with zero attached hydrogens (tertiary/aromatic N) is 1. The van der Waals surface area contributed by atoms with Crippen molar-refractivity contribution in [3.63, 3.8) is 0 Å². The first-order valence-corrected chi connectivity index (χ1v) is 5.31. The number of alkyl halides is 2. The molecular weight excluding hydrogens is 367 g/mol. The van der Waals surface area contributed by atoms with E-state index in [0.717, 1.165) is 0 Å². The van der Waals surface area contributed by atoms with Crippen LogP contribution in [0.5, 0.6) is 5.75 Å². The van der Waals surface area contributed by atoms with Gasteiger partial charge in [-0.05, 0) is 6.07 Å². The summed E-state index contributed by atoms with van der Waals surface area (Å²) >= 11 is 0. The first kappa shape index (κ1) is 17.6. The van der Waals surface area contributed by atoms with E-state index in [1.54, 1.807) is 24.3 Å². The van der Waals surface area contributed by atoms with Crippen LogP contribution in [-0.2, 0) is 6.54 Å². The molecular formula is C12H16F2IN3O. The largest absolute Gasteiger partial charge is 0.434 e. The number of benzene rings is 1. The molecule has 0 amide bonds. The normalized spacial score (nSPS) is 10.8. The molecule has 0 aromatic heterocycles. The van der Waals surface area contributed by atoms with Gasteiger partial charge in [0.1, 0.15) is 5.75 Å². The quantitative estimate of drug-likeness (QED) is 0.344. The molecule has 0 aliphatic carbocycles. The third-order valence-electron chi connectivity index (χ3n) is 2.04. The standard InChI is InChI=1S/C12H15F2N3O.HI/c1-2-7-16-12(15)17-8-9-5-3-4-6-10(9)18-11(13)14;/h2-6,11H,1,7-8H2,(H3,15,16,17);1H. The zero-order valence-corrected chi connectivity index (χ0v) is 12.5. The van der Waals surface area contributed by atoms with Gasteiger partial charge >= 0.3 is 6.61 Å². The molecule has 4 nitrogen and oxygen atoms in total. The van der Waals surface area contributed by atoms with Crippen molar-refractivity contribution in [2.45, 2.75) is 13.2 Å². The van der Waals surface area contributed by atoms with Crippen LogP contribution in [0, 0.1) is 0 Å². The molecule has 106 valence electrons. The minimum absolute atomic E-state index is 0. The van der Waals surface area contributed by atoms with Crippen LogP contribution in [0.2, 0.25) is 0 Å². The Labute approximate surface area is 127 Å². The predicted octanol–water partition coefficient (Wildman–Crippen LogP) is 2.50. The number of nitrogens with two attached hydrogens (primary N) is 1. The van der Waals surface area contributed by atoms with Crippen LogP contribution in [-0.4, -0.2) is 19.1 Å². The van der Waals surface area contributed by atoms with Crippen LogP contribution in [0.4, 0.5) is 8.78 Å². The van der Waals surface area contributed by atoms with Crippen molar-refractivity contribution in [3.8, 4) is 5.75 Å². The average molecular weight is 383 g/mol. The third kappa shape index (κ3) is 6.94. The molecule has 1 aromatic carbocycles. The fourth-order valence-electron chi connectivity index (χ4n) is 1.25.